The van der Waals surface area contributed by atoms with Gasteiger partial charge in [-0.1, -0.05) is 47.5 Å². The van der Waals surface area contributed by atoms with Gasteiger partial charge in [0.15, 0.2) is 0 Å². The third-order valence-electron chi connectivity index (χ3n) is 3.61. The van der Waals surface area contributed by atoms with E-state index in [1.807, 2.05) is 6.07 Å². The van der Waals surface area contributed by atoms with E-state index in [2.05, 4.69) is 50.2 Å². The fraction of sp³-hybridized carbons (Fsp3) is 0.333. The first-order valence-electron chi connectivity index (χ1n) is 7.06. The highest BCUT2D eigenvalue weighted by Crippen LogP contribution is 2.27. The smallest absolute Gasteiger partial charge is 0.123 e. The number of ether oxygens (including phenoxy) is 1. The second kappa shape index (κ2) is 6.58. The molecule has 0 amide bonds. The molecule has 0 aliphatic rings. The van der Waals surface area contributed by atoms with Gasteiger partial charge >= 0.3 is 0 Å². The van der Waals surface area contributed by atoms with Crippen LogP contribution in [0.3, 0.4) is 0 Å². The third-order valence-corrected chi connectivity index (χ3v) is 3.61. The Morgan fingerprint density at radius 1 is 1.05 bits per heavy atom. The minimum atomic E-state index is 0.00497. The molecule has 0 spiro atoms. The number of methoxy groups -OCH3 is 1. The van der Waals surface area contributed by atoms with E-state index in [1.165, 1.54) is 16.7 Å². The first-order valence-corrected chi connectivity index (χ1v) is 7.06. The molecule has 0 radical (unpaired) electrons. The molecule has 0 aliphatic carbocycles. The minimum absolute atomic E-state index is 0.00497. The van der Waals surface area contributed by atoms with Crippen LogP contribution in [0.4, 0.5) is 0 Å². The molecular weight excluding hydrogens is 246 g/mol. The van der Waals surface area contributed by atoms with Gasteiger partial charge in [0.05, 0.1) is 7.11 Å². The van der Waals surface area contributed by atoms with Crippen molar-refractivity contribution in [2.45, 2.75) is 32.7 Å². The van der Waals surface area contributed by atoms with Crippen molar-refractivity contribution in [3.63, 3.8) is 0 Å². The summed E-state index contributed by atoms with van der Waals surface area (Å²) in [6, 6.07) is 14.8. The normalized spacial score (nSPS) is 12.2. The second-order valence-electron chi connectivity index (χ2n) is 5.38. The molecule has 1 unspecified atom stereocenters. The lowest BCUT2D eigenvalue weighted by Gasteiger charge is -2.16. The molecule has 0 aromatic heterocycles. The summed E-state index contributed by atoms with van der Waals surface area (Å²) in [5.74, 6) is 0.882. The summed E-state index contributed by atoms with van der Waals surface area (Å²) in [7, 11) is 1.70. The van der Waals surface area contributed by atoms with Crippen LogP contribution in [-0.2, 0) is 6.42 Å². The van der Waals surface area contributed by atoms with Crippen molar-refractivity contribution < 1.29 is 4.74 Å². The molecule has 2 nitrogen and oxygen atoms in total. The number of hydrogen-bond acceptors (Lipinski definition) is 2. The number of aryl methyl sites for hydroxylation is 3. The second-order valence-corrected chi connectivity index (χ2v) is 5.38. The Kier molecular flexibility index (Phi) is 4.80. The summed E-state index contributed by atoms with van der Waals surface area (Å²) in [5.41, 5.74) is 11.3. The number of rotatable bonds is 5. The zero-order chi connectivity index (χ0) is 14.5. The largest absolute Gasteiger partial charge is 0.496 e. The average Bonchev–Trinajstić information content (AvgIpc) is 2.45. The summed E-state index contributed by atoms with van der Waals surface area (Å²) in [4.78, 5) is 0. The SMILES string of the molecule is COc1ccc(C)cc1C(N)CCc1cccc(C)c1. The van der Waals surface area contributed by atoms with E-state index in [1.54, 1.807) is 7.11 Å². The average molecular weight is 269 g/mol. The highest BCUT2D eigenvalue weighted by atomic mass is 16.5. The molecule has 106 valence electrons. The lowest BCUT2D eigenvalue weighted by Crippen LogP contribution is -2.13. The zero-order valence-electron chi connectivity index (χ0n) is 12.5. The van der Waals surface area contributed by atoms with Gasteiger partial charge in [-0.3, -0.25) is 0 Å². The van der Waals surface area contributed by atoms with Crippen molar-refractivity contribution >= 4 is 0 Å². The first kappa shape index (κ1) is 14.6. The Morgan fingerprint density at radius 3 is 2.50 bits per heavy atom. The first-order chi connectivity index (χ1) is 9.60. The van der Waals surface area contributed by atoms with Crippen molar-refractivity contribution in [1.29, 1.82) is 0 Å². The Morgan fingerprint density at radius 2 is 1.80 bits per heavy atom. The molecule has 0 heterocycles. The molecule has 2 N–H and O–H groups in total. The molecule has 2 aromatic rings. The topological polar surface area (TPSA) is 35.2 Å². The van der Waals surface area contributed by atoms with Crippen LogP contribution in [0.5, 0.6) is 5.75 Å². The number of hydrogen-bond donors (Lipinski definition) is 1. The van der Waals surface area contributed by atoms with Crippen LogP contribution in [0.25, 0.3) is 0 Å². The van der Waals surface area contributed by atoms with E-state index in [0.717, 1.165) is 24.2 Å². The van der Waals surface area contributed by atoms with Gasteiger partial charge in [0, 0.05) is 11.6 Å². The molecule has 0 bridgehead atoms. The van der Waals surface area contributed by atoms with Crippen molar-refractivity contribution in [3.8, 4) is 5.75 Å². The molecule has 2 heteroatoms. The molecule has 20 heavy (non-hydrogen) atoms. The van der Waals surface area contributed by atoms with E-state index in [4.69, 9.17) is 10.5 Å². The van der Waals surface area contributed by atoms with Gasteiger partial charge in [0.1, 0.15) is 5.75 Å². The van der Waals surface area contributed by atoms with Crippen molar-refractivity contribution in [3.05, 3.63) is 64.7 Å². The molecule has 1 atom stereocenters. The van der Waals surface area contributed by atoms with E-state index < -0.39 is 0 Å². The summed E-state index contributed by atoms with van der Waals surface area (Å²) < 4.78 is 5.41. The van der Waals surface area contributed by atoms with E-state index in [0.29, 0.717) is 0 Å². The molecule has 0 fully saturated rings. The van der Waals surface area contributed by atoms with Crippen LogP contribution in [0.1, 0.15) is 34.7 Å². The summed E-state index contributed by atoms with van der Waals surface area (Å²) >= 11 is 0. The molecule has 0 saturated carbocycles. The molecule has 2 rings (SSSR count). The number of nitrogens with two attached hydrogens (primary N) is 1. The summed E-state index contributed by atoms with van der Waals surface area (Å²) in [6.07, 6.45) is 1.91. The molecule has 0 saturated heterocycles. The van der Waals surface area contributed by atoms with Gasteiger partial charge < -0.3 is 10.5 Å². The highest BCUT2D eigenvalue weighted by molar-refractivity contribution is 5.39. The van der Waals surface area contributed by atoms with Crippen LogP contribution in [0.15, 0.2) is 42.5 Å². The van der Waals surface area contributed by atoms with Gasteiger partial charge in [-0.15, -0.1) is 0 Å². The zero-order valence-corrected chi connectivity index (χ0v) is 12.5. The van der Waals surface area contributed by atoms with Crippen LogP contribution >= 0.6 is 0 Å². The van der Waals surface area contributed by atoms with Crippen LogP contribution in [-0.4, -0.2) is 7.11 Å². The maximum Gasteiger partial charge on any atom is 0.123 e. The van der Waals surface area contributed by atoms with Gasteiger partial charge in [-0.2, -0.15) is 0 Å². The monoisotopic (exact) mass is 269 g/mol. The maximum atomic E-state index is 6.35. The highest BCUT2D eigenvalue weighted by Gasteiger charge is 2.12. The van der Waals surface area contributed by atoms with E-state index in [-0.39, 0.29) is 6.04 Å². The molecule has 0 aliphatic heterocycles. The quantitative estimate of drug-likeness (QED) is 0.892. The van der Waals surface area contributed by atoms with Crippen molar-refractivity contribution in [1.82, 2.24) is 0 Å². The summed E-state index contributed by atoms with van der Waals surface area (Å²) in [5, 5.41) is 0. The lowest BCUT2D eigenvalue weighted by molar-refractivity contribution is 0.404. The van der Waals surface area contributed by atoms with E-state index >= 15 is 0 Å². The van der Waals surface area contributed by atoms with Gasteiger partial charge in [-0.05, 0) is 38.3 Å². The van der Waals surface area contributed by atoms with Crippen LogP contribution < -0.4 is 10.5 Å². The standard InChI is InChI=1S/C18H23NO/c1-13-5-4-6-15(11-13)8-9-17(19)16-12-14(2)7-10-18(16)20-3/h4-7,10-12,17H,8-9,19H2,1-3H3. The lowest BCUT2D eigenvalue weighted by atomic mass is 9.97. The Balaban J connectivity index is 2.08. The third kappa shape index (κ3) is 3.61. The van der Waals surface area contributed by atoms with Gasteiger partial charge in [0.25, 0.3) is 0 Å². The predicted molar refractivity (Wildman–Crippen MR) is 84.2 cm³/mol. The predicted octanol–water partition coefficient (Wildman–Crippen LogP) is 3.94. The van der Waals surface area contributed by atoms with Crippen molar-refractivity contribution in [2.75, 3.05) is 7.11 Å². The number of benzene rings is 2. The summed E-state index contributed by atoms with van der Waals surface area (Å²) in [6.45, 7) is 4.20. The maximum absolute atomic E-state index is 6.35. The molecular formula is C18H23NO. The Bertz CT molecular complexity index is 577. The van der Waals surface area contributed by atoms with E-state index in [9.17, 15) is 0 Å². The van der Waals surface area contributed by atoms with Gasteiger partial charge in [-0.25, -0.2) is 0 Å². The fourth-order valence-electron chi connectivity index (χ4n) is 2.49. The molecule has 2 aromatic carbocycles. The fourth-order valence-corrected chi connectivity index (χ4v) is 2.49. The Hall–Kier alpha value is -1.80. The van der Waals surface area contributed by atoms with Gasteiger partial charge in [0.2, 0.25) is 0 Å². The van der Waals surface area contributed by atoms with Crippen molar-refractivity contribution in [2.24, 2.45) is 5.73 Å². The minimum Gasteiger partial charge on any atom is -0.496 e. The van der Waals surface area contributed by atoms with Crippen LogP contribution in [0, 0.1) is 13.8 Å². The van der Waals surface area contributed by atoms with Crippen LogP contribution in [0.2, 0.25) is 0 Å². The Labute approximate surface area is 121 Å².